The summed E-state index contributed by atoms with van der Waals surface area (Å²) in [6, 6.07) is 20.4. The van der Waals surface area contributed by atoms with Crippen LogP contribution in [0.25, 0.3) is 32.8 Å². The van der Waals surface area contributed by atoms with Crippen LogP contribution in [-0.4, -0.2) is 17.6 Å². The molecule has 4 rings (SSSR count). The van der Waals surface area contributed by atoms with Crippen molar-refractivity contribution in [1.82, 2.24) is 4.98 Å². The summed E-state index contributed by atoms with van der Waals surface area (Å²) in [6.45, 7) is 6.56. The van der Waals surface area contributed by atoms with Crippen molar-refractivity contribution in [3.05, 3.63) is 78.0 Å². The first-order chi connectivity index (χ1) is 13.6. The lowest BCUT2D eigenvalue weighted by Crippen LogP contribution is -2.05. The third-order valence-corrected chi connectivity index (χ3v) is 5.09. The molecule has 0 N–H and O–H groups in total. The van der Waals surface area contributed by atoms with Crippen molar-refractivity contribution in [2.75, 3.05) is 6.61 Å². The SMILES string of the molecule is CCOC(=O)c1cccc2cccc(-c3cc4cc(C(C)C)ccc4cn3)c12. The molecule has 28 heavy (non-hydrogen) atoms. The summed E-state index contributed by atoms with van der Waals surface area (Å²) >= 11 is 0. The van der Waals surface area contributed by atoms with Crippen molar-refractivity contribution < 1.29 is 9.53 Å². The number of nitrogens with zero attached hydrogens (tertiary/aromatic N) is 1. The van der Waals surface area contributed by atoms with E-state index in [9.17, 15) is 4.79 Å². The Bertz CT molecular complexity index is 1170. The number of benzene rings is 3. The quantitative estimate of drug-likeness (QED) is 0.393. The molecule has 3 aromatic carbocycles. The molecule has 0 saturated carbocycles. The minimum atomic E-state index is -0.302. The highest BCUT2D eigenvalue weighted by Gasteiger charge is 2.16. The van der Waals surface area contributed by atoms with Gasteiger partial charge in [-0.15, -0.1) is 0 Å². The number of fused-ring (bicyclic) bond motifs is 2. The molecule has 0 fully saturated rings. The lowest BCUT2D eigenvalue weighted by Gasteiger charge is -2.12. The monoisotopic (exact) mass is 369 g/mol. The van der Waals surface area contributed by atoms with Crippen LogP contribution >= 0.6 is 0 Å². The minimum absolute atomic E-state index is 0.302. The zero-order valence-electron chi connectivity index (χ0n) is 16.4. The van der Waals surface area contributed by atoms with Crippen molar-refractivity contribution in [1.29, 1.82) is 0 Å². The fraction of sp³-hybridized carbons (Fsp3) is 0.200. The van der Waals surface area contributed by atoms with Crippen LogP contribution in [0.1, 0.15) is 42.6 Å². The number of hydrogen-bond donors (Lipinski definition) is 0. The first kappa shape index (κ1) is 18.2. The predicted molar refractivity (Wildman–Crippen MR) is 115 cm³/mol. The molecule has 0 radical (unpaired) electrons. The molecule has 3 heteroatoms. The molecule has 0 aliphatic rings. The molecule has 140 valence electrons. The molecule has 0 atom stereocenters. The fourth-order valence-corrected chi connectivity index (χ4v) is 3.60. The Hall–Kier alpha value is -3.20. The number of esters is 1. The molecule has 4 aromatic rings. The van der Waals surface area contributed by atoms with Gasteiger partial charge in [-0.25, -0.2) is 4.79 Å². The topological polar surface area (TPSA) is 39.2 Å². The summed E-state index contributed by atoms with van der Waals surface area (Å²) in [5.41, 5.74) is 3.68. The lowest BCUT2D eigenvalue weighted by molar-refractivity contribution is 0.0528. The number of hydrogen-bond acceptors (Lipinski definition) is 3. The molecule has 0 bridgehead atoms. The van der Waals surface area contributed by atoms with E-state index in [2.05, 4.69) is 38.1 Å². The molecule has 1 aromatic heterocycles. The lowest BCUT2D eigenvalue weighted by atomic mass is 9.95. The Balaban J connectivity index is 1.94. The van der Waals surface area contributed by atoms with Gasteiger partial charge in [0.2, 0.25) is 0 Å². The third kappa shape index (κ3) is 3.24. The van der Waals surface area contributed by atoms with Crippen LogP contribution in [0.4, 0.5) is 0 Å². The molecular weight excluding hydrogens is 346 g/mol. The maximum atomic E-state index is 12.5. The highest BCUT2D eigenvalue weighted by atomic mass is 16.5. The average Bonchev–Trinajstić information content (AvgIpc) is 2.72. The normalized spacial score (nSPS) is 11.3. The van der Waals surface area contributed by atoms with Crippen LogP contribution < -0.4 is 0 Å². The van der Waals surface area contributed by atoms with E-state index in [1.54, 1.807) is 0 Å². The van der Waals surface area contributed by atoms with Crippen molar-refractivity contribution in [2.45, 2.75) is 26.7 Å². The van der Waals surface area contributed by atoms with E-state index in [4.69, 9.17) is 9.72 Å². The predicted octanol–water partition coefficient (Wildman–Crippen LogP) is 6.36. The highest BCUT2D eigenvalue weighted by molar-refractivity contribution is 6.10. The zero-order valence-corrected chi connectivity index (χ0v) is 16.4. The number of aromatic nitrogens is 1. The standard InChI is InChI=1S/C25H23NO2/c1-4-28-25(27)22-10-6-8-17-7-5-9-21(24(17)22)23-14-20-13-18(16(2)3)11-12-19(20)15-26-23/h5-16H,4H2,1-3H3. The van der Waals surface area contributed by atoms with Gasteiger partial charge in [0.05, 0.1) is 17.9 Å². The van der Waals surface area contributed by atoms with Crippen molar-refractivity contribution >= 4 is 27.5 Å². The molecule has 0 amide bonds. The second-order valence-corrected chi connectivity index (χ2v) is 7.26. The van der Waals surface area contributed by atoms with Gasteiger partial charge >= 0.3 is 5.97 Å². The molecule has 0 spiro atoms. The molecule has 0 unspecified atom stereocenters. The summed E-state index contributed by atoms with van der Waals surface area (Å²) < 4.78 is 5.28. The Kier molecular flexibility index (Phi) is 4.82. The maximum absolute atomic E-state index is 12.5. The largest absolute Gasteiger partial charge is 0.462 e. The Labute approximate surface area is 165 Å². The number of pyridine rings is 1. The van der Waals surface area contributed by atoms with Gasteiger partial charge in [0.25, 0.3) is 0 Å². The molecule has 3 nitrogen and oxygen atoms in total. The van der Waals surface area contributed by atoms with E-state index in [1.807, 2.05) is 49.5 Å². The van der Waals surface area contributed by atoms with Gasteiger partial charge in [-0.05, 0) is 41.3 Å². The van der Waals surface area contributed by atoms with Crippen LogP contribution in [0, 0.1) is 0 Å². The summed E-state index contributed by atoms with van der Waals surface area (Å²) in [5.74, 6) is 0.164. The second-order valence-electron chi connectivity index (χ2n) is 7.26. The van der Waals surface area contributed by atoms with E-state index in [1.165, 1.54) is 5.56 Å². The maximum Gasteiger partial charge on any atom is 0.338 e. The molecule has 0 saturated heterocycles. The van der Waals surface area contributed by atoms with E-state index >= 15 is 0 Å². The number of carbonyl (C=O) groups is 1. The van der Waals surface area contributed by atoms with Gasteiger partial charge in [0, 0.05) is 22.5 Å². The van der Waals surface area contributed by atoms with E-state index in [0.717, 1.165) is 32.8 Å². The molecular formula is C25H23NO2. The van der Waals surface area contributed by atoms with Crippen LogP contribution in [0.2, 0.25) is 0 Å². The Morgan fingerprint density at radius 1 is 0.964 bits per heavy atom. The van der Waals surface area contributed by atoms with Gasteiger partial charge in [-0.1, -0.05) is 62.4 Å². The summed E-state index contributed by atoms with van der Waals surface area (Å²) in [4.78, 5) is 17.2. The second kappa shape index (κ2) is 7.43. The van der Waals surface area contributed by atoms with E-state index in [-0.39, 0.29) is 5.97 Å². The van der Waals surface area contributed by atoms with Crippen LogP contribution in [-0.2, 0) is 4.74 Å². The molecule has 0 aliphatic carbocycles. The first-order valence-corrected chi connectivity index (χ1v) is 9.67. The zero-order chi connectivity index (χ0) is 19.7. The average molecular weight is 369 g/mol. The number of ether oxygens (including phenoxy) is 1. The van der Waals surface area contributed by atoms with Gasteiger partial charge in [0.1, 0.15) is 0 Å². The number of rotatable bonds is 4. The van der Waals surface area contributed by atoms with Gasteiger partial charge in [-0.3, -0.25) is 4.98 Å². The molecule has 0 aliphatic heterocycles. The summed E-state index contributed by atoms with van der Waals surface area (Å²) in [5, 5.41) is 4.15. The van der Waals surface area contributed by atoms with Gasteiger partial charge in [-0.2, -0.15) is 0 Å². The van der Waals surface area contributed by atoms with Crippen molar-refractivity contribution in [2.24, 2.45) is 0 Å². The van der Waals surface area contributed by atoms with Crippen molar-refractivity contribution in [3.8, 4) is 11.3 Å². The minimum Gasteiger partial charge on any atom is -0.462 e. The highest BCUT2D eigenvalue weighted by Crippen LogP contribution is 2.32. The Morgan fingerprint density at radius 2 is 1.75 bits per heavy atom. The summed E-state index contributed by atoms with van der Waals surface area (Å²) in [6.07, 6.45) is 1.90. The van der Waals surface area contributed by atoms with Gasteiger partial charge < -0.3 is 4.74 Å². The van der Waals surface area contributed by atoms with Gasteiger partial charge in [0.15, 0.2) is 0 Å². The van der Waals surface area contributed by atoms with Crippen molar-refractivity contribution in [3.63, 3.8) is 0 Å². The van der Waals surface area contributed by atoms with Crippen LogP contribution in [0.15, 0.2) is 66.9 Å². The van der Waals surface area contributed by atoms with E-state index in [0.29, 0.717) is 18.1 Å². The van der Waals surface area contributed by atoms with Crippen LogP contribution in [0.3, 0.4) is 0 Å². The first-order valence-electron chi connectivity index (χ1n) is 9.67. The third-order valence-electron chi connectivity index (χ3n) is 5.09. The Morgan fingerprint density at radius 3 is 2.50 bits per heavy atom. The molecule has 1 heterocycles. The smallest absolute Gasteiger partial charge is 0.338 e. The fourth-order valence-electron chi connectivity index (χ4n) is 3.60. The number of carbonyl (C=O) groups excluding carboxylic acids is 1. The van der Waals surface area contributed by atoms with Crippen LogP contribution in [0.5, 0.6) is 0 Å². The van der Waals surface area contributed by atoms with E-state index < -0.39 is 0 Å². The summed E-state index contributed by atoms with van der Waals surface area (Å²) in [7, 11) is 0.